The minimum atomic E-state index is -1.10. The first-order chi connectivity index (χ1) is 20.3. The summed E-state index contributed by atoms with van der Waals surface area (Å²) < 4.78 is 0. The predicted molar refractivity (Wildman–Crippen MR) is 161 cm³/mol. The Morgan fingerprint density at radius 1 is 0.857 bits per heavy atom. The van der Waals surface area contributed by atoms with Gasteiger partial charge in [0.15, 0.2) is 0 Å². The molecule has 218 valence electrons. The first kappa shape index (κ1) is 30.2. The molecule has 1 unspecified atom stereocenters. The number of benzene rings is 3. The molecule has 0 saturated heterocycles. The van der Waals surface area contributed by atoms with Crippen molar-refractivity contribution < 1.29 is 19.2 Å². The maximum atomic E-state index is 13.7. The van der Waals surface area contributed by atoms with Crippen LogP contribution in [0.3, 0.4) is 0 Å². The molecule has 42 heavy (non-hydrogen) atoms. The van der Waals surface area contributed by atoms with Crippen LogP contribution in [0.15, 0.2) is 85.3 Å². The zero-order valence-corrected chi connectivity index (χ0v) is 23.9. The van der Waals surface area contributed by atoms with Crippen molar-refractivity contribution in [3.63, 3.8) is 0 Å². The third-order valence-electron chi connectivity index (χ3n) is 7.08. The number of hydrogen-bond acceptors (Lipinski definition) is 5. The molecular formula is C33H37N5O4. The van der Waals surface area contributed by atoms with Crippen LogP contribution in [0.1, 0.15) is 37.1 Å². The van der Waals surface area contributed by atoms with Gasteiger partial charge in [-0.05, 0) is 40.7 Å². The van der Waals surface area contributed by atoms with Gasteiger partial charge in [-0.15, -0.1) is 0 Å². The van der Waals surface area contributed by atoms with E-state index in [1.807, 2.05) is 86.6 Å². The lowest BCUT2D eigenvalue weighted by molar-refractivity contribution is -0.138. The lowest BCUT2D eigenvalue weighted by Crippen LogP contribution is -2.54. The lowest BCUT2D eigenvalue weighted by atomic mass is 9.96. The summed E-state index contributed by atoms with van der Waals surface area (Å²) in [5.41, 5.74) is 2.37. The van der Waals surface area contributed by atoms with Crippen molar-refractivity contribution >= 4 is 34.8 Å². The maximum Gasteiger partial charge on any atom is 0.243 e. The Balaban J connectivity index is 1.54. The van der Waals surface area contributed by atoms with Gasteiger partial charge in [0.2, 0.25) is 17.7 Å². The summed E-state index contributed by atoms with van der Waals surface area (Å²) >= 11 is 0. The minimum absolute atomic E-state index is 0.112. The number of aromatic amines is 1. The van der Waals surface area contributed by atoms with Crippen molar-refractivity contribution in [2.24, 2.45) is 11.8 Å². The molecule has 0 fully saturated rings. The zero-order valence-electron chi connectivity index (χ0n) is 23.9. The molecule has 0 saturated carbocycles. The van der Waals surface area contributed by atoms with Crippen LogP contribution >= 0.6 is 0 Å². The highest BCUT2D eigenvalue weighted by molar-refractivity contribution is 6.02. The monoisotopic (exact) mass is 567 g/mol. The maximum absolute atomic E-state index is 13.7. The summed E-state index contributed by atoms with van der Waals surface area (Å²) in [7, 11) is 0. The zero-order chi connectivity index (χ0) is 29.9. The second kappa shape index (κ2) is 14.7. The molecule has 0 radical (unpaired) electrons. The number of nitrogens with zero attached hydrogens (tertiary/aromatic N) is 1. The number of nitrogens with one attached hydrogen (secondary N) is 4. The van der Waals surface area contributed by atoms with Gasteiger partial charge in [0, 0.05) is 24.9 Å². The van der Waals surface area contributed by atoms with Gasteiger partial charge in [0.05, 0.1) is 12.4 Å². The van der Waals surface area contributed by atoms with E-state index >= 15 is 0 Å². The average molecular weight is 568 g/mol. The first-order valence-corrected chi connectivity index (χ1v) is 14.2. The number of hydrogen-bond donors (Lipinski definition) is 4. The van der Waals surface area contributed by atoms with E-state index in [1.165, 1.54) is 6.33 Å². The molecule has 0 bridgehead atoms. The molecule has 0 spiro atoms. The Morgan fingerprint density at radius 3 is 2.31 bits per heavy atom. The van der Waals surface area contributed by atoms with Crippen molar-refractivity contribution in [1.82, 2.24) is 25.9 Å². The number of H-pyrrole nitrogens is 1. The van der Waals surface area contributed by atoms with Crippen LogP contribution in [0.25, 0.3) is 10.8 Å². The van der Waals surface area contributed by atoms with E-state index < -0.39 is 35.7 Å². The molecule has 1 heterocycles. The molecule has 3 aromatic carbocycles. The van der Waals surface area contributed by atoms with Crippen molar-refractivity contribution in [3.8, 4) is 0 Å². The molecule has 0 aliphatic carbocycles. The van der Waals surface area contributed by atoms with Crippen molar-refractivity contribution in [2.75, 3.05) is 0 Å². The molecule has 0 aliphatic heterocycles. The second-order valence-corrected chi connectivity index (χ2v) is 10.8. The fourth-order valence-corrected chi connectivity index (χ4v) is 4.94. The van der Waals surface area contributed by atoms with Crippen LogP contribution in [-0.2, 0) is 38.6 Å². The molecule has 4 rings (SSSR count). The fraction of sp³-hybridized carbons (Fsp3) is 0.303. The van der Waals surface area contributed by atoms with Crippen molar-refractivity contribution in [3.05, 3.63) is 102 Å². The third kappa shape index (κ3) is 8.36. The van der Waals surface area contributed by atoms with Crippen molar-refractivity contribution in [1.29, 1.82) is 0 Å². The van der Waals surface area contributed by atoms with Gasteiger partial charge >= 0.3 is 0 Å². The van der Waals surface area contributed by atoms with E-state index in [4.69, 9.17) is 0 Å². The van der Waals surface area contributed by atoms with E-state index in [2.05, 4.69) is 25.9 Å². The van der Waals surface area contributed by atoms with Crippen LogP contribution in [0.4, 0.5) is 0 Å². The Kier molecular flexibility index (Phi) is 10.6. The second-order valence-electron chi connectivity index (χ2n) is 10.8. The largest absolute Gasteiger partial charge is 0.351 e. The van der Waals surface area contributed by atoms with E-state index in [9.17, 15) is 19.2 Å². The van der Waals surface area contributed by atoms with Gasteiger partial charge in [-0.1, -0.05) is 86.6 Å². The standard InChI is InChI=1S/C33H37N5O4/c1-22(2)15-27(20-39)37-33(42)30(17-26-19-34-21-36-26)38-32(41)29(16-23-9-4-3-5-10-23)31(40)35-18-25-13-8-12-24-11-6-7-14-28(24)25/h3-14,19-22,27,29-30H,15-18H2,1-2H3,(H,34,36)(H,35,40)(H,37,42)(H,38,41)/t27-,29?,30-/m0/s1. The Hall–Kier alpha value is -4.79. The summed E-state index contributed by atoms with van der Waals surface area (Å²) in [6.07, 6.45) is 4.48. The van der Waals surface area contributed by atoms with Gasteiger partial charge in [-0.2, -0.15) is 0 Å². The molecule has 9 heteroatoms. The molecule has 4 N–H and O–H groups in total. The topological polar surface area (TPSA) is 133 Å². The summed E-state index contributed by atoms with van der Waals surface area (Å²) in [5.74, 6) is -2.46. The fourth-order valence-electron chi connectivity index (χ4n) is 4.94. The molecular weight excluding hydrogens is 530 g/mol. The minimum Gasteiger partial charge on any atom is -0.351 e. The Labute approximate surface area is 245 Å². The Bertz CT molecular complexity index is 1480. The number of aromatic nitrogens is 2. The van der Waals surface area contributed by atoms with Crippen LogP contribution in [0.5, 0.6) is 0 Å². The quantitative estimate of drug-likeness (QED) is 0.137. The van der Waals surface area contributed by atoms with Gasteiger partial charge in [-0.3, -0.25) is 14.4 Å². The summed E-state index contributed by atoms with van der Waals surface area (Å²) in [6, 6.07) is 21.3. The SMILES string of the molecule is CC(C)C[C@@H](C=O)NC(=O)[C@H](Cc1cnc[nH]1)NC(=O)C(Cc1ccccc1)C(=O)NCc1cccc2ccccc12. The summed E-state index contributed by atoms with van der Waals surface area (Å²) in [5, 5.41) is 10.5. The summed E-state index contributed by atoms with van der Waals surface area (Å²) in [6.45, 7) is 4.15. The third-order valence-corrected chi connectivity index (χ3v) is 7.08. The van der Waals surface area contributed by atoms with E-state index in [0.29, 0.717) is 18.4 Å². The lowest BCUT2D eigenvalue weighted by Gasteiger charge is -2.24. The number of rotatable bonds is 14. The van der Waals surface area contributed by atoms with E-state index in [-0.39, 0.29) is 25.3 Å². The van der Waals surface area contributed by atoms with Crippen LogP contribution in [-0.4, -0.2) is 46.1 Å². The van der Waals surface area contributed by atoms with Crippen LogP contribution < -0.4 is 16.0 Å². The normalized spacial score (nSPS) is 13.2. The number of imidazole rings is 1. The number of carbonyl (C=O) groups excluding carboxylic acids is 4. The van der Waals surface area contributed by atoms with Gasteiger partial charge in [0.1, 0.15) is 18.2 Å². The first-order valence-electron chi connectivity index (χ1n) is 14.2. The van der Waals surface area contributed by atoms with Crippen molar-refractivity contribution in [2.45, 2.75) is 51.7 Å². The molecule has 1 aromatic heterocycles. The predicted octanol–water partition coefficient (Wildman–Crippen LogP) is 3.50. The number of carbonyl (C=O) groups is 4. The Morgan fingerprint density at radius 2 is 1.60 bits per heavy atom. The van der Waals surface area contributed by atoms with E-state index in [1.54, 1.807) is 6.20 Å². The number of amides is 3. The van der Waals surface area contributed by atoms with Gasteiger partial charge < -0.3 is 25.7 Å². The molecule has 9 nitrogen and oxygen atoms in total. The molecule has 0 aliphatic rings. The highest BCUT2D eigenvalue weighted by Gasteiger charge is 2.32. The molecule has 3 atom stereocenters. The number of aldehydes is 1. The van der Waals surface area contributed by atoms with Gasteiger partial charge in [0.25, 0.3) is 0 Å². The molecule has 4 aromatic rings. The molecule has 3 amide bonds. The summed E-state index contributed by atoms with van der Waals surface area (Å²) in [4.78, 5) is 59.2. The smallest absolute Gasteiger partial charge is 0.243 e. The van der Waals surface area contributed by atoms with E-state index in [0.717, 1.165) is 21.9 Å². The highest BCUT2D eigenvalue weighted by atomic mass is 16.2. The highest BCUT2D eigenvalue weighted by Crippen LogP contribution is 2.19. The number of fused-ring (bicyclic) bond motifs is 1. The van der Waals surface area contributed by atoms with Gasteiger partial charge in [-0.25, -0.2) is 4.98 Å². The van der Waals surface area contributed by atoms with Crippen LogP contribution in [0.2, 0.25) is 0 Å². The van der Waals surface area contributed by atoms with Crippen LogP contribution in [0, 0.1) is 11.8 Å². The average Bonchev–Trinajstić information content (AvgIpc) is 3.51.